The largest absolute Gasteiger partial charge is 0.467 e. The molecule has 2 fully saturated rings. The predicted octanol–water partition coefficient (Wildman–Crippen LogP) is 2.79. The van der Waals surface area contributed by atoms with Crippen molar-refractivity contribution in [2.45, 2.75) is 45.4 Å². The first-order valence-corrected chi connectivity index (χ1v) is 10.4. The molecule has 0 radical (unpaired) electrons. The van der Waals surface area contributed by atoms with E-state index in [9.17, 15) is 14.4 Å². The van der Waals surface area contributed by atoms with Gasteiger partial charge in [-0.25, -0.2) is 0 Å². The number of carbonyl (C=O) groups excluding carboxylic acids is 3. The molecule has 1 aromatic carbocycles. The van der Waals surface area contributed by atoms with Gasteiger partial charge in [-0.3, -0.25) is 19.3 Å². The van der Waals surface area contributed by atoms with Gasteiger partial charge in [0.05, 0.1) is 24.7 Å². The normalized spacial score (nSPS) is 21.0. The molecule has 2 aliphatic rings. The van der Waals surface area contributed by atoms with E-state index < -0.39 is 0 Å². The van der Waals surface area contributed by atoms with Crippen LogP contribution in [0, 0.1) is 11.8 Å². The molecular formula is C23H26N2O5. The van der Waals surface area contributed by atoms with Gasteiger partial charge in [-0.15, -0.1) is 0 Å². The van der Waals surface area contributed by atoms with Crippen LogP contribution in [0.1, 0.15) is 42.6 Å². The fourth-order valence-electron chi connectivity index (χ4n) is 4.28. The number of imide groups is 1. The fourth-order valence-corrected chi connectivity index (χ4v) is 4.28. The second-order valence-corrected chi connectivity index (χ2v) is 7.93. The van der Waals surface area contributed by atoms with E-state index in [1.54, 1.807) is 6.26 Å². The molecule has 1 aromatic heterocycles. The summed E-state index contributed by atoms with van der Waals surface area (Å²) in [5.41, 5.74) is 1.91. The number of hydrogen-bond donors (Lipinski definition) is 1. The molecule has 7 nitrogen and oxygen atoms in total. The van der Waals surface area contributed by atoms with Crippen molar-refractivity contribution in [3.63, 3.8) is 0 Å². The Hall–Kier alpha value is -2.93. The number of nitrogens with one attached hydrogen (secondary N) is 1. The molecule has 0 spiro atoms. The number of carbonyl (C=O) groups is 3. The Morgan fingerprint density at radius 3 is 2.47 bits per heavy atom. The molecule has 2 aromatic rings. The minimum absolute atomic E-state index is 0.185. The van der Waals surface area contributed by atoms with Gasteiger partial charge >= 0.3 is 0 Å². The molecule has 7 heteroatoms. The van der Waals surface area contributed by atoms with Crippen molar-refractivity contribution in [2.24, 2.45) is 11.8 Å². The highest BCUT2D eigenvalue weighted by Crippen LogP contribution is 2.37. The van der Waals surface area contributed by atoms with Crippen LogP contribution in [-0.2, 0) is 38.9 Å². The number of hydrogen-bond acceptors (Lipinski definition) is 5. The van der Waals surface area contributed by atoms with E-state index in [0.29, 0.717) is 19.8 Å². The zero-order chi connectivity index (χ0) is 20.9. The Balaban J connectivity index is 1.25. The van der Waals surface area contributed by atoms with E-state index in [0.717, 1.165) is 47.5 Å². The van der Waals surface area contributed by atoms with E-state index in [2.05, 4.69) is 5.32 Å². The lowest BCUT2D eigenvalue weighted by molar-refractivity contribution is -0.143. The third-order valence-electron chi connectivity index (χ3n) is 5.81. The summed E-state index contributed by atoms with van der Waals surface area (Å²) in [5.74, 6) is -0.376. The average Bonchev–Trinajstić information content (AvgIpc) is 3.36. The maximum Gasteiger partial charge on any atom is 0.240 e. The number of furan rings is 1. The molecule has 0 bridgehead atoms. The summed E-state index contributed by atoms with van der Waals surface area (Å²) in [7, 11) is 0. The highest BCUT2D eigenvalue weighted by molar-refractivity contribution is 6.07. The van der Waals surface area contributed by atoms with Gasteiger partial charge in [0, 0.05) is 6.54 Å². The Labute approximate surface area is 175 Å². The molecule has 4 rings (SSSR count). The van der Waals surface area contributed by atoms with E-state index in [-0.39, 0.29) is 36.1 Å². The maximum absolute atomic E-state index is 12.5. The first-order valence-electron chi connectivity index (χ1n) is 10.4. The van der Waals surface area contributed by atoms with Crippen molar-refractivity contribution >= 4 is 17.7 Å². The third-order valence-corrected chi connectivity index (χ3v) is 5.81. The average molecular weight is 410 g/mol. The maximum atomic E-state index is 12.5. The molecule has 2 atom stereocenters. The van der Waals surface area contributed by atoms with Crippen molar-refractivity contribution in [1.29, 1.82) is 0 Å². The number of ether oxygens (including phenoxy) is 1. The van der Waals surface area contributed by atoms with Crippen LogP contribution < -0.4 is 5.32 Å². The monoisotopic (exact) mass is 410 g/mol. The van der Waals surface area contributed by atoms with Crippen molar-refractivity contribution in [3.8, 4) is 0 Å². The third kappa shape index (κ3) is 4.62. The Bertz CT molecular complexity index is 884. The number of rotatable bonds is 8. The summed E-state index contributed by atoms with van der Waals surface area (Å²) in [5, 5.41) is 2.81. The molecule has 1 N–H and O–H groups in total. The molecule has 1 saturated heterocycles. The van der Waals surface area contributed by atoms with Crippen LogP contribution in [0.5, 0.6) is 0 Å². The van der Waals surface area contributed by atoms with Crippen molar-refractivity contribution in [3.05, 3.63) is 59.5 Å². The zero-order valence-electron chi connectivity index (χ0n) is 16.8. The van der Waals surface area contributed by atoms with Crippen LogP contribution in [0.2, 0.25) is 0 Å². The summed E-state index contributed by atoms with van der Waals surface area (Å²) in [6, 6.07) is 11.4. The first kappa shape index (κ1) is 20.3. The molecule has 3 amide bonds. The van der Waals surface area contributed by atoms with Gasteiger partial charge < -0.3 is 14.5 Å². The van der Waals surface area contributed by atoms with Gasteiger partial charge in [-0.2, -0.15) is 0 Å². The van der Waals surface area contributed by atoms with Crippen molar-refractivity contribution < 1.29 is 23.5 Å². The van der Waals surface area contributed by atoms with E-state index in [4.69, 9.17) is 9.15 Å². The fraction of sp³-hybridized carbons (Fsp3) is 0.435. The lowest BCUT2D eigenvalue weighted by Crippen LogP contribution is -2.40. The number of benzene rings is 1. The molecule has 1 aliphatic carbocycles. The van der Waals surface area contributed by atoms with Crippen LogP contribution in [0.4, 0.5) is 0 Å². The minimum atomic E-state index is -0.324. The summed E-state index contributed by atoms with van der Waals surface area (Å²) in [4.78, 5) is 38.5. The van der Waals surface area contributed by atoms with Crippen LogP contribution in [0.3, 0.4) is 0 Å². The van der Waals surface area contributed by atoms with E-state index in [1.165, 1.54) is 0 Å². The first-order chi connectivity index (χ1) is 14.6. The number of nitrogens with zero attached hydrogens (tertiary/aromatic N) is 1. The van der Waals surface area contributed by atoms with E-state index in [1.807, 2.05) is 36.4 Å². The van der Waals surface area contributed by atoms with Crippen LogP contribution >= 0.6 is 0 Å². The topological polar surface area (TPSA) is 88.9 Å². The summed E-state index contributed by atoms with van der Waals surface area (Å²) >= 11 is 0. The lowest BCUT2D eigenvalue weighted by Gasteiger charge is -2.19. The lowest BCUT2D eigenvalue weighted by atomic mass is 9.81. The molecule has 1 aliphatic heterocycles. The molecule has 1 saturated carbocycles. The summed E-state index contributed by atoms with van der Waals surface area (Å²) in [6.07, 6.45) is 5.06. The van der Waals surface area contributed by atoms with Gasteiger partial charge in [-0.05, 0) is 36.1 Å². The van der Waals surface area contributed by atoms with E-state index >= 15 is 0 Å². The number of amides is 3. The van der Waals surface area contributed by atoms with Gasteiger partial charge in [0.15, 0.2) is 0 Å². The van der Waals surface area contributed by atoms with Crippen LogP contribution in [0.15, 0.2) is 47.1 Å². The standard InChI is InChI=1S/C23H26N2O5/c26-21(13-25-22(27)19-8-1-2-9-20(19)23(25)28)24-12-16-5-3-6-17(11-16)14-29-15-18-7-4-10-30-18/h3-7,10-11,19-20H,1-2,8-9,12-15H2,(H,24,26)/t19-,20-/m1/s1. The van der Waals surface area contributed by atoms with Crippen molar-refractivity contribution in [2.75, 3.05) is 6.54 Å². The second kappa shape index (κ2) is 9.26. The predicted molar refractivity (Wildman–Crippen MR) is 108 cm³/mol. The molecule has 0 unspecified atom stereocenters. The molecular weight excluding hydrogens is 384 g/mol. The van der Waals surface area contributed by atoms with Crippen molar-refractivity contribution in [1.82, 2.24) is 10.2 Å². The Kier molecular flexibility index (Phi) is 6.28. The quantitative estimate of drug-likeness (QED) is 0.676. The highest BCUT2D eigenvalue weighted by Gasteiger charge is 2.48. The second-order valence-electron chi connectivity index (χ2n) is 7.93. The number of fused-ring (bicyclic) bond motifs is 1. The SMILES string of the molecule is O=C(CN1C(=O)[C@@H]2CCCC[C@H]2C1=O)NCc1cccc(COCc2ccco2)c1. The summed E-state index contributed by atoms with van der Waals surface area (Å²) in [6.45, 7) is 0.959. The summed E-state index contributed by atoms with van der Waals surface area (Å²) < 4.78 is 10.9. The minimum Gasteiger partial charge on any atom is -0.467 e. The Morgan fingerprint density at radius 2 is 1.77 bits per heavy atom. The smallest absolute Gasteiger partial charge is 0.240 e. The Morgan fingerprint density at radius 1 is 1.03 bits per heavy atom. The molecule has 158 valence electrons. The van der Waals surface area contributed by atoms with Crippen LogP contribution in [0.25, 0.3) is 0 Å². The van der Waals surface area contributed by atoms with Gasteiger partial charge in [-0.1, -0.05) is 37.1 Å². The highest BCUT2D eigenvalue weighted by atomic mass is 16.5. The molecule has 30 heavy (non-hydrogen) atoms. The van der Waals surface area contributed by atoms with Gasteiger partial charge in [0.1, 0.15) is 18.9 Å². The van der Waals surface area contributed by atoms with Gasteiger partial charge in [0.2, 0.25) is 17.7 Å². The number of likely N-dealkylation sites (tertiary alicyclic amines) is 1. The zero-order valence-corrected chi connectivity index (χ0v) is 16.8. The molecule has 2 heterocycles. The van der Waals surface area contributed by atoms with Crippen LogP contribution in [-0.4, -0.2) is 29.2 Å². The van der Waals surface area contributed by atoms with Gasteiger partial charge in [0.25, 0.3) is 0 Å².